The third kappa shape index (κ3) is 3.50. The molecule has 3 heterocycles. The van der Waals surface area contributed by atoms with Crippen molar-refractivity contribution < 1.29 is 9.90 Å². The number of H-pyrrole nitrogens is 1. The number of aryl methyl sites for hydroxylation is 2. The van der Waals surface area contributed by atoms with Crippen molar-refractivity contribution >= 4 is 17.5 Å². The molecule has 0 radical (unpaired) electrons. The van der Waals surface area contributed by atoms with Gasteiger partial charge in [0.2, 0.25) is 0 Å². The molecule has 0 aromatic carbocycles. The van der Waals surface area contributed by atoms with Gasteiger partial charge in [0.25, 0.3) is 12.0 Å². The van der Waals surface area contributed by atoms with E-state index >= 15 is 0 Å². The minimum absolute atomic E-state index is 0.0624. The van der Waals surface area contributed by atoms with Crippen molar-refractivity contribution in [2.45, 2.75) is 13.0 Å². The highest BCUT2D eigenvalue weighted by Crippen LogP contribution is 2.02. The quantitative estimate of drug-likeness (QED) is 0.676. The van der Waals surface area contributed by atoms with E-state index in [0.717, 1.165) is 5.69 Å². The summed E-state index contributed by atoms with van der Waals surface area (Å²) in [4.78, 5) is 35.7. The van der Waals surface area contributed by atoms with E-state index in [2.05, 4.69) is 19.9 Å². The summed E-state index contributed by atoms with van der Waals surface area (Å²) in [5, 5.41) is 7.43. The third-order valence-corrected chi connectivity index (χ3v) is 2.77. The zero-order valence-electron chi connectivity index (χ0n) is 11.0. The van der Waals surface area contributed by atoms with Gasteiger partial charge >= 0.3 is 0 Å². The minimum Gasteiger partial charge on any atom is -0.483 e. The van der Waals surface area contributed by atoms with Crippen LogP contribution >= 0.6 is 0 Å². The van der Waals surface area contributed by atoms with Crippen molar-refractivity contribution in [3.63, 3.8) is 0 Å². The summed E-state index contributed by atoms with van der Waals surface area (Å²) >= 11 is 0. The maximum Gasteiger partial charge on any atom is 0.290 e. The van der Waals surface area contributed by atoms with Crippen LogP contribution < -0.4 is 5.56 Å². The molecule has 2 N–H and O–H groups in total. The van der Waals surface area contributed by atoms with Crippen LogP contribution in [0, 0.1) is 0 Å². The Morgan fingerprint density at radius 3 is 2.90 bits per heavy atom. The Hall–Kier alpha value is -3.03. The number of hydrogen-bond donors (Lipinski definition) is 2. The van der Waals surface area contributed by atoms with Crippen LogP contribution in [-0.4, -0.2) is 36.1 Å². The van der Waals surface area contributed by atoms with Crippen molar-refractivity contribution in [3.05, 3.63) is 53.2 Å². The molecule has 0 spiro atoms. The summed E-state index contributed by atoms with van der Waals surface area (Å²) in [5.41, 5.74) is 1.42. The molecule has 0 aliphatic rings. The highest BCUT2D eigenvalue weighted by atomic mass is 16.3. The smallest absolute Gasteiger partial charge is 0.290 e. The lowest BCUT2D eigenvalue weighted by Gasteiger charge is -2.04. The Bertz CT molecular complexity index is 767. The molecule has 0 fully saturated rings. The molecule has 0 saturated heterocycles. The minimum atomic E-state index is -0.250. The van der Waals surface area contributed by atoms with E-state index in [1.165, 1.54) is 6.33 Å². The lowest BCUT2D eigenvalue weighted by molar-refractivity contribution is -0.122. The summed E-state index contributed by atoms with van der Waals surface area (Å²) < 4.78 is 1.59. The van der Waals surface area contributed by atoms with Crippen molar-refractivity contribution in [2.24, 2.45) is 0 Å². The molecular weight excluding hydrogens is 274 g/mol. The van der Waals surface area contributed by atoms with Crippen molar-refractivity contribution in [2.75, 3.05) is 0 Å². The molecule has 0 saturated carbocycles. The first-order chi connectivity index (χ1) is 10.3. The average Bonchev–Trinajstić information content (AvgIpc) is 3.01. The van der Waals surface area contributed by atoms with Gasteiger partial charge in [-0.2, -0.15) is 0 Å². The number of rotatable bonds is 3. The van der Waals surface area contributed by atoms with Crippen LogP contribution in [0.2, 0.25) is 0 Å². The van der Waals surface area contributed by atoms with E-state index in [4.69, 9.17) is 9.90 Å². The van der Waals surface area contributed by atoms with Crippen LogP contribution in [-0.2, 0) is 17.8 Å². The number of nitrogens with one attached hydrogen (secondary N) is 1. The van der Waals surface area contributed by atoms with Gasteiger partial charge in [0.15, 0.2) is 5.65 Å². The second kappa shape index (κ2) is 6.94. The number of pyridine rings is 1. The Morgan fingerprint density at radius 1 is 1.38 bits per heavy atom. The number of aromatic amines is 1. The van der Waals surface area contributed by atoms with Crippen molar-refractivity contribution in [1.29, 1.82) is 0 Å². The molecule has 3 aromatic heterocycles. The number of fused-ring (bicyclic) bond motifs is 1. The topological polar surface area (TPSA) is 114 Å². The Labute approximate surface area is 119 Å². The van der Waals surface area contributed by atoms with E-state index < -0.39 is 0 Å². The number of aromatic nitrogens is 5. The summed E-state index contributed by atoms with van der Waals surface area (Å²) in [6.07, 6.45) is 7.26. The van der Waals surface area contributed by atoms with Gasteiger partial charge in [-0.3, -0.25) is 14.2 Å². The number of carboxylic acid groups (broad SMARTS) is 1. The summed E-state index contributed by atoms with van der Waals surface area (Å²) in [7, 11) is 0. The largest absolute Gasteiger partial charge is 0.483 e. The predicted molar refractivity (Wildman–Crippen MR) is 74.8 cm³/mol. The standard InChI is InChI=1S/C12H11N5O.CH2O2/c18-12-10-2-1-4-14-11(10)16-8-17(12)5-3-9-6-13-7-15-9;2-1-3/h1-2,4,6-8H,3,5H2,(H,13,15);1H,(H,2,3). The molecule has 108 valence electrons. The highest BCUT2D eigenvalue weighted by molar-refractivity contribution is 5.72. The number of carbonyl (C=O) groups is 1. The van der Waals surface area contributed by atoms with E-state index in [-0.39, 0.29) is 12.0 Å². The van der Waals surface area contributed by atoms with Crippen molar-refractivity contribution in [1.82, 2.24) is 24.5 Å². The SMILES string of the molecule is O=CO.O=c1c2cccnc2ncn1CCc1cnc[nH]1. The first-order valence-corrected chi connectivity index (χ1v) is 6.11. The molecule has 0 aliphatic heterocycles. The Morgan fingerprint density at radius 2 is 2.19 bits per heavy atom. The predicted octanol–water partition coefficient (Wildman–Crippen LogP) is 0.458. The number of nitrogens with zero attached hydrogens (tertiary/aromatic N) is 4. The van der Waals surface area contributed by atoms with Gasteiger partial charge in [-0.15, -0.1) is 0 Å². The third-order valence-electron chi connectivity index (χ3n) is 2.77. The number of hydrogen-bond acceptors (Lipinski definition) is 5. The van der Waals surface area contributed by atoms with Gasteiger partial charge < -0.3 is 10.1 Å². The number of imidazole rings is 1. The van der Waals surface area contributed by atoms with Crippen LogP contribution in [0.25, 0.3) is 11.0 Å². The molecule has 0 atom stereocenters. The average molecular weight is 287 g/mol. The monoisotopic (exact) mass is 287 g/mol. The first kappa shape index (κ1) is 14.4. The first-order valence-electron chi connectivity index (χ1n) is 6.11. The molecule has 3 rings (SSSR count). The fourth-order valence-corrected chi connectivity index (χ4v) is 1.82. The zero-order chi connectivity index (χ0) is 15.1. The molecular formula is C13H13N5O3. The second-order valence-corrected chi connectivity index (χ2v) is 4.05. The molecule has 3 aromatic rings. The summed E-state index contributed by atoms with van der Waals surface area (Å²) in [6, 6.07) is 3.48. The van der Waals surface area contributed by atoms with Crippen LogP contribution in [0.5, 0.6) is 0 Å². The fourth-order valence-electron chi connectivity index (χ4n) is 1.82. The highest BCUT2D eigenvalue weighted by Gasteiger charge is 2.04. The second-order valence-electron chi connectivity index (χ2n) is 4.05. The molecule has 0 unspecified atom stereocenters. The van der Waals surface area contributed by atoms with E-state index in [0.29, 0.717) is 24.0 Å². The van der Waals surface area contributed by atoms with Crippen LogP contribution in [0.15, 0.2) is 42.0 Å². The summed E-state index contributed by atoms with van der Waals surface area (Å²) in [5.74, 6) is 0. The molecule has 0 amide bonds. The molecule has 0 bridgehead atoms. The zero-order valence-corrected chi connectivity index (χ0v) is 11.0. The van der Waals surface area contributed by atoms with Crippen LogP contribution in [0.3, 0.4) is 0 Å². The molecule has 0 aliphatic carbocycles. The normalized spacial score (nSPS) is 9.90. The van der Waals surface area contributed by atoms with E-state index in [1.807, 2.05) is 0 Å². The maximum absolute atomic E-state index is 12.1. The fraction of sp³-hybridized carbons (Fsp3) is 0.154. The van der Waals surface area contributed by atoms with Gasteiger partial charge in [0, 0.05) is 31.1 Å². The van der Waals surface area contributed by atoms with Gasteiger partial charge in [0.1, 0.15) is 0 Å². The lowest BCUT2D eigenvalue weighted by Crippen LogP contribution is -2.21. The van der Waals surface area contributed by atoms with Gasteiger partial charge in [-0.05, 0) is 12.1 Å². The molecule has 8 heteroatoms. The van der Waals surface area contributed by atoms with Crippen LogP contribution in [0.1, 0.15) is 5.69 Å². The van der Waals surface area contributed by atoms with Crippen LogP contribution in [0.4, 0.5) is 0 Å². The van der Waals surface area contributed by atoms with Gasteiger partial charge in [-0.25, -0.2) is 15.0 Å². The van der Waals surface area contributed by atoms with Gasteiger partial charge in [0.05, 0.1) is 18.0 Å². The van der Waals surface area contributed by atoms with E-state index in [1.54, 1.807) is 35.4 Å². The maximum atomic E-state index is 12.1. The summed E-state index contributed by atoms with van der Waals surface area (Å²) in [6.45, 7) is 0.318. The lowest BCUT2D eigenvalue weighted by atomic mass is 10.3. The van der Waals surface area contributed by atoms with Gasteiger partial charge in [-0.1, -0.05) is 0 Å². The Balaban J connectivity index is 0.000000497. The van der Waals surface area contributed by atoms with Crippen molar-refractivity contribution in [3.8, 4) is 0 Å². The Kier molecular flexibility index (Phi) is 4.75. The van der Waals surface area contributed by atoms with E-state index in [9.17, 15) is 4.79 Å². The molecule has 8 nitrogen and oxygen atoms in total. The molecule has 21 heavy (non-hydrogen) atoms.